The van der Waals surface area contributed by atoms with E-state index >= 15 is 0 Å². The van der Waals surface area contributed by atoms with Crippen LogP contribution in [0.2, 0.25) is 0 Å². The number of hydrogen-bond acceptors (Lipinski definition) is 2. The van der Waals surface area contributed by atoms with Crippen molar-refractivity contribution in [2.45, 2.75) is 12.8 Å². The van der Waals surface area contributed by atoms with Crippen LogP contribution in [0, 0.1) is 11.8 Å². The van der Waals surface area contributed by atoms with Crippen molar-refractivity contribution in [1.29, 1.82) is 0 Å². The zero-order valence-electron chi connectivity index (χ0n) is 6.69. The van der Waals surface area contributed by atoms with Gasteiger partial charge in [0.15, 0.2) is 0 Å². The molecule has 2 aliphatic rings. The van der Waals surface area contributed by atoms with E-state index in [0.29, 0.717) is 6.42 Å². The van der Waals surface area contributed by atoms with Crippen LogP contribution in [0.4, 0.5) is 0 Å². The lowest BCUT2D eigenvalue weighted by Crippen LogP contribution is -2.21. The van der Waals surface area contributed by atoms with Crippen molar-refractivity contribution in [1.82, 2.24) is 0 Å². The van der Waals surface area contributed by atoms with E-state index in [0.717, 1.165) is 18.3 Å². The molecule has 0 spiro atoms. The number of aldehydes is 1. The first-order valence-corrected chi connectivity index (χ1v) is 4.18. The summed E-state index contributed by atoms with van der Waals surface area (Å²) in [7, 11) is 0. The van der Waals surface area contributed by atoms with Gasteiger partial charge < -0.3 is 4.79 Å². The van der Waals surface area contributed by atoms with Crippen LogP contribution in [0.15, 0.2) is 23.8 Å². The van der Waals surface area contributed by atoms with Gasteiger partial charge in [-0.1, -0.05) is 23.8 Å². The first-order valence-electron chi connectivity index (χ1n) is 4.18. The van der Waals surface area contributed by atoms with Crippen molar-refractivity contribution in [3.63, 3.8) is 0 Å². The minimum absolute atomic E-state index is 0.118. The maximum atomic E-state index is 11.3. The summed E-state index contributed by atoms with van der Waals surface area (Å²) in [6.07, 6.45) is 7.99. The number of rotatable bonds is 1. The molecule has 0 N–H and O–H groups in total. The van der Waals surface area contributed by atoms with Gasteiger partial charge in [-0.2, -0.15) is 0 Å². The molecule has 2 aliphatic carbocycles. The van der Waals surface area contributed by atoms with Crippen LogP contribution >= 0.6 is 0 Å². The molecule has 0 radical (unpaired) electrons. The molecule has 2 unspecified atom stereocenters. The topological polar surface area (TPSA) is 34.1 Å². The number of ketones is 1. The molecule has 0 amide bonds. The number of fused-ring (bicyclic) bond motifs is 1. The van der Waals surface area contributed by atoms with Gasteiger partial charge >= 0.3 is 0 Å². The summed E-state index contributed by atoms with van der Waals surface area (Å²) in [5.41, 5.74) is 1.14. The van der Waals surface area contributed by atoms with Gasteiger partial charge in [-0.15, -0.1) is 0 Å². The predicted molar refractivity (Wildman–Crippen MR) is 44.5 cm³/mol. The second kappa shape index (κ2) is 2.70. The zero-order chi connectivity index (χ0) is 8.55. The fraction of sp³-hybridized carbons (Fsp3) is 0.400. The Morgan fingerprint density at radius 2 is 2.25 bits per heavy atom. The Morgan fingerprint density at radius 1 is 1.42 bits per heavy atom. The molecule has 0 saturated heterocycles. The van der Waals surface area contributed by atoms with Crippen molar-refractivity contribution >= 4 is 12.1 Å². The Hall–Kier alpha value is -1.18. The highest BCUT2D eigenvalue weighted by Gasteiger charge is 2.35. The summed E-state index contributed by atoms with van der Waals surface area (Å²) in [5.74, 6) is -0.0878. The first kappa shape index (κ1) is 7.47. The molecule has 2 heteroatoms. The molecule has 1 saturated carbocycles. The number of carbonyl (C=O) groups is 2. The lowest BCUT2D eigenvalue weighted by molar-refractivity contribution is -0.123. The highest BCUT2D eigenvalue weighted by Crippen LogP contribution is 2.35. The highest BCUT2D eigenvalue weighted by atomic mass is 16.1. The van der Waals surface area contributed by atoms with Crippen LogP contribution in [0.1, 0.15) is 12.8 Å². The molecule has 0 aliphatic heterocycles. The molecule has 2 atom stereocenters. The molecule has 0 aromatic rings. The van der Waals surface area contributed by atoms with Crippen LogP contribution in [0.25, 0.3) is 0 Å². The molecule has 0 bridgehead atoms. The van der Waals surface area contributed by atoms with Crippen LogP contribution in [-0.4, -0.2) is 12.1 Å². The number of hydrogen-bond donors (Lipinski definition) is 0. The summed E-state index contributed by atoms with van der Waals surface area (Å²) in [5, 5.41) is 0. The quantitative estimate of drug-likeness (QED) is 0.544. The molecule has 0 aromatic heterocycles. The summed E-state index contributed by atoms with van der Waals surface area (Å²) < 4.78 is 0. The second-order valence-corrected chi connectivity index (χ2v) is 3.28. The Labute approximate surface area is 71.0 Å². The fourth-order valence-electron chi connectivity index (χ4n) is 1.98. The third kappa shape index (κ3) is 0.951. The predicted octanol–water partition coefficient (Wildman–Crippen LogP) is 1.28. The third-order valence-corrected chi connectivity index (χ3v) is 2.59. The Kier molecular flexibility index (Phi) is 1.68. The van der Waals surface area contributed by atoms with Crippen molar-refractivity contribution < 1.29 is 9.59 Å². The SMILES string of the molecule is O=CC1C=CC=C2CCC(=O)C21. The Balaban J connectivity index is 2.34. The molecule has 1 fully saturated rings. The van der Waals surface area contributed by atoms with Crippen LogP contribution < -0.4 is 0 Å². The molecule has 0 heterocycles. The van der Waals surface area contributed by atoms with E-state index in [9.17, 15) is 9.59 Å². The average Bonchev–Trinajstić information content (AvgIpc) is 2.48. The number of carbonyl (C=O) groups excluding carboxylic acids is 2. The van der Waals surface area contributed by atoms with Crippen molar-refractivity contribution in [2.24, 2.45) is 11.8 Å². The molecule has 2 nitrogen and oxygen atoms in total. The largest absolute Gasteiger partial charge is 0.303 e. The molecule has 2 rings (SSSR count). The van der Waals surface area contributed by atoms with Crippen molar-refractivity contribution in [3.8, 4) is 0 Å². The van der Waals surface area contributed by atoms with Crippen LogP contribution in [-0.2, 0) is 9.59 Å². The van der Waals surface area contributed by atoms with E-state index in [4.69, 9.17) is 0 Å². The van der Waals surface area contributed by atoms with E-state index in [1.54, 1.807) is 0 Å². The lowest BCUT2D eigenvalue weighted by atomic mass is 9.84. The Bertz CT molecular complexity index is 286. The molecule has 12 heavy (non-hydrogen) atoms. The minimum Gasteiger partial charge on any atom is -0.303 e. The monoisotopic (exact) mass is 162 g/mol. The van der Waals surface area contributed by atoms with E-state index in [2.05, 4.69) is 0 Å². The standard InChI is InChI=1S/C10H10O2/c11-6-8-3-1-2-7-4-5-9(12)10(7)8/h1-3,6,8,10H,4-5H2. The summed E-state index contributed by atoms with van der Waals surface area (Å²) in [6.45, 7) is 0. The smallest absolute Gasteiger partial charge is 0.141 e. The van der Waals surface area contributed by atoms with Gasteiger partial charge in [0.25, 0.3) is 0 Å². The average molecular weight is 162 g/mol. The molecular weight excluding hydrogens is 152 g/mol. The van der Waals surface area contributed by atoms with E-state index in [1.165, 1.54) is 0 Å². The summed E-state index contributed by atoms with van der Waals surface area (Å²) in [4.78, 5) is 22.0. The van der Waals surface area contributed by atoms with Gasteiger partial charge in [0.1, 0.15) is 12.1 Å². The molecular formula is C10H10O2. The van der Waals surface area contributed by atoms with E-state index in [1.807, 2.05) is 18.2 Å². The number of Topliss-reactive ketones (excluding diaryl/α,β-unsaturated/α-hetero) is 1. The second-order valence-electron chi connectivity index (χ2n) is 3.28. The minimum atomic E-state index is -0.194. The number of allylic oxidation sites excluding steroid dienone is 4. The molecule has 0 aromatic carbocycles. The van der Waals surface area contributed by atoms with Gasteiger partial charge in [-0.3, -0.25) is 4.79 Å². The zero-order valence-corrected chi connectivity index (χ0v) is 6.69. The normalized spacial score (nSPS) is 33.0. The summed E-state index contributed by atoms with van der Waals surface area (Å²) >= 11 is 0. The van der Waals surface area contributed by atoms with Gasteiger partial charge in [0.05, 0.1) is 5.92 Å². The maximum Gasteiger partial charge on any atom is 0.141 e. The first-order chi connectivity index (χ1) is 5.83. The third-order valence-electron chi connectivity index (χ3n) is 2.59. The Morgan fingerprint density at radius 3 is 3.00 bits per heavy atom. The molecule has 62 valence electrons. The van der Waals surface area contributed by atoms with Crippen LogP contribution in [0.3, 0.4) is 0 Å². The van der Waals surface area contributed by atoms with E-state index < -0.39 is 0 Å². The maximum absolute atomic E-state index is 11.3. The van der Waals surface area contributed by atoms with E-state index in [-0.39, 0.29) is 17.6 Å². The van der Waals surface area contributed by atoms with Crippen molar-refractivity contribution in [2.75, 3.05) is 0 Å². The summed E-state index contributed by atoms with van der Waals surface area (Å²) in [6, 6.07) is 0. The fourth-order valence-corrected chi connectivity index (χ4v) is 1.98. The van der Waals surface area contributed by atoms with Gasteiger partial charge in [-0.25, -0.2) is 0 Å². The lowest BCUT2D eigenvalue weighted by Gasteiger charge is -2.17. The van der Waals surface area contributed by atoms with Crippen LogP contribution in [0.5, 0.6) is 0 Å². The van der Waals surface area contributed by atoms with Gasteiger partial charge in [-0.05, 0) is 6.42 Å². The highest BCUT2D eigenvalue weighted by molar-refractivity contribution is 5.90. The van der Waals surface area contributed by atoms with Crippen molar-refractivity contribution in [3.05, 3.63) is 23.8 Å². The van der Waals surface area contributed by atoms with Gasteiger partial charge in [0, 0.05) is 12.3 Å². The van der Waals surface area contributed by atoms with Gasteiger partial charge in [0.2, 0.25) is 0 Å².